The molecular weight excluding hydrogens is 202 g/mol. The van der Waals surface area contributed by atoms with Crippen LogP contribution < -0.4 is 16.0 Å². The highest BCUT2D eigenvalue weighted by Gasteiger charge is 2.23. The van der Waals surface area contributed by atoms with Crippen molar-refractivity contribution in [2.24, 2.45) is 0 Å². The summed E-state index contributed by atoms with van der Waals surface area (Å²) in [6.07, 6.45) is 1.03. The molecule has 5 nitrogen and oxygen atoms in total. The molecule has 0 fully saturated rings. The Hall–Kier alpha value is -1.52. The van der Waals surface area contributed by atoms with Gasteiger partial charge in [0.1, 0.15) is 11.6 Å². The highest BCUT2D eigenvalue weighted by molar-refractivity contribution is 5.53. The maximum absolute atomic E-state index is 5.67. The Labute approximate surface area is 97.1 Å². The highest BCUT2D eigenvalue weighted by Crippen LogP contribution is 2.24. The molecule has 0 aliphatic rings. The molecule has 0 radical (unpaired) electrons. The fourth-order valence-electron chi connectivity index (χ4n) is 1.30. The molecule has 0 saturated carbocycles. The van der Waals surface area contributed by atoms with Crippen LogP contribution in [0.1, 0.15) is 27.2 Å². The minimum atomic E-state index is 0.0474. The molecule has 0 aliphatic carbocycles. The SMILES string of the molecule is CCC(C)(C)N(C)c1cc(NC)nc(N)n1. The third kappa shape index (κ3) is 2.53. The van der Waals surface area contributed by atoms with Gasteiger partial charge in [0.05, 0.1) is 0 Å². The predicted octanol–water partition coefficient (Wildman–Crippen LogP) is 1.73. The molecule has 0 bridgehead atoms. The van der Waals surface area contributed by atoms with Crippen molar-refractivity contribution in [2.45, 2.75) is 32.7 Å². The van der Waals surface area contributed by atoms with E-state index in [0.29, 0.717) is 5.95 Å². The van der Waals surface area contributed by atoms with Crippen molar-refractivity contribution in [2.75, 3.05) is 30.0 Å². The van der Waals surface area contributed by atoms with Crippen molar-refractivity contribution in [3.63, 3.8) is 0 Å². The van der Waals surface area contributed by atoms with Crippen molar-refractivity contribution >= 4 is 17.6 Å². The number of hydrogen-bond donors (Lipinski definition) is 2. The largest absolute Gasteiger partial charge is 0.373 e. The number of nitrogen functional groups attached to an aromatic ring is 1. The normalized spacial score (nSPS) is 11.3. The van der Waals surface area contributed by atoms with E-state index in [-0.39, 0.29) is 5.54 Å². The summed E-state index contributed by atoms with van der Waals surface area (Å²) in [5.41, 5.74) is 5.72. The summed E-state index contributed by atoms with van der Waals surface area (Å²) in [5, 5.41) is 2.97. The number of hydrogen-bond acceptors (Lipinski definition) is 5. The minimum absolute atomic E-state index is 0.0474. The van der Waals surface area contributed by atoms with E-state index in [9.17, 15) is 0 Å². The Morgan fingerprint density at radius 2 is 2.06 bits per heavy atom. The zero-order valence-corrected chi connectivity index (χ0v) is 10.7. The summed E-state index contributed by atoms with van der Waals surface area (Å²) in [5.74, 6) is 1.87. The van der Waals surface area contributed by atoms with Crippen molar-refractivity contribution in [1.82, 2.24) is 9.97 Å². The van der Waals surface area contributed by atoms with Crippen molar-refractivity contribution < 1.29 is 0 Å². The fourth-order valence-corrected chi connectivity index (χ4v) is 1.30. The lowest BCUT2D eigenvalue weighted by Gasteiger charge is -2.35. The van der Waals surface area contributed by atoms with Gasteiger partial charge in [0.15, 0.2) is 0 Å². The van der Waals surface area contributed by atoms with E-state index in [0.717, 1.165) is 18.1 Å². The molecule has 0 unspecified atom stereocenters. The summed E-state index contributed by atoms with van der Waals surface area (Å²) >= 11 is 0. The Bertz CT molecular complexity index is 361. The molecule has 1 aromatic heterocycles. The van der Waals surface area contributed by atoms with Crippen LogP contribution in [0.25, 0.3) is 0 Å². The predicted molar refractivity (Wildman–Crippen MR) is 68.8 cm³/mol. The van der Waals surface area contributed by atoms with Gasteiger partial charge in [-0.05, 0) is 20.3 Å². The van der Waals surface area contributed by atoms with Gasteiger partial charge in [-0.2, -0.15) is 9.97 Å². The van der Waals surface area contributed by atoms with E-state index in [4.69, 9.17) is 5.73 Å². The first-order valence-corrected chi connectivity index (χ1v) is 5.47. The second kappa shape index (κ2) is 4.55. The van der Waals surface area contributed by atoms with Gasteiger partial charge in [-0.15, -0.1) is 0 Å². The van der Waals surface area contributed by atoms with Gasteiger partial charge >= 0.3 is 0 Å². The van der Waals surface area contributed by atoms with Crippen LogP contribution in [0.2, 0.25) is 0 Å². The molecule has 0 aromatic carbocycles. The molecule has 1 aromatic rings. The summed E-state index contributed by atoms with van der Waals surface area (Å²) < 4.78 is 0. The molecule has 3 N–H and O–H groups in total. The number of anilines is 3. The van der Waals surface area contributed by atoms with E-state index in [1.54, 1.807) is 0 Å². The molecule has 5 heteroatoms. The molecule has 0 saturated heterocycles. The van der Waals surface area contributed by atoms with Crippen LogP contribution >= 0.6 is 0 Å². The van der Waals surface area contributed by atoms with Gasteiger partial charge in [0, 0.05) is 25.7 Å². The lowest BCUT2D eigenvalue weighted by molar-refractivity contribution is 0.467. The van der Waals surface area contributed by atoms with Crippen LogP contribution in [0.3, 0.4) is 0 Å². The molecule has 1 rings (SSSR count). The van der Waals surface area contributed by atoms with Crippen LogP contribution in [0.4, 0.5) is 17.6 Å². The second-order valence-corrected chi connectivity index (χ2v) is 4.44. The highest BCUT2D eigenvalue weighted by atomic mass is 15.2. The first-order valence-electron chi connectivity index (χ1n) is 5.47. The number of nitrogens with one attached hydrogen (secondary N) is 1. The van der Waals surface area contributed by atoms with Crippen molar-refractivity contribution in [3.8, 4) is 0 Å². The van der Waals surface area contributed by atoms with Crippen LogP contribution in [-0.4, -0.2) is 29.6 Å². The van der Waals surface area contributed by atoms with Gasteiger partial charge in [-0.3, -0.25) is 0 Å². The van der Waals surface area contributed by atoms with Crippen LogP contribution in [0.5, 0.6) is 0 Å². The Kier molecular flexibility index (Phi) is 3.57. The number of rotatable bonds is 4. The quantitative estimate of drug-likeness (QED) is 0.813. The average molecular weight is 223 g/mol. The molecule has 16 heavy (non-hydrogen) atoms. The summed E-state index contributed by atoms with van der Waals surface area (Å²) in [6, 6.07) is 1.90. The van der Waals surface area contributed by atoms with Gasteiger partial charge < -0.3 is 16.0 Å². The third-order valence-corrected chi connectivity index (χ3v) is 3.10. The van der Waals surface area contributed by atoms with E-state index in [2.05, 4.69) is 41.0 Å². The second-order valence-electron chi connectivity index (χ2n) is 4.44. The van der Waals surface area contributed by atoms with Gasteiger partial charge in [0.2, 0.25) is 5.95 Å². The van der Waals surface area contributed by atoms with Gasteiger partial charge in [0.25, 0.3) is 0 Å². The fraction of sp³-hybridized carbons (Fsp3) is 0.636. The van der Waals surface area contributed by atoms with Crippen LogP contribution in [0.15, 0.2) is 6.07 Å². The number of aromatic nitrogens is 2. The zero-order chi connectivity index (χ0) is 12.3. The summed E-state index contributed by atoms with van der Waals surface area (Å²) in [4.78, 5) is 10.4. The van der Waals surface area contributed by atoms with E-state index in [1.165, 1.54) is 0 Å². The van der Waals surface area contributed by atoms with Crippen molar-refractivity contribution in [1.29, 1.82) is 0 Å². The first kappa shape index (κ1) is 12.5. The maximum atomic E-state index is 5.67. The number of nitrogens with zero attached hydrogens (tertiary/aromatic N) is 3. The Balaban J connectivity index is 3.08. The van der Waals surface area contributed by atoms with Crippen molar-refractivity contribution in [3.05, 3.63) is 6.07 Å². The zero-order valence-electron chi connectivity index (χ0n) is 10.7. The molecular formula is C11H21N5. The average Bonchev–Trinajstić information content (AvgIpc) is 2.27. The molecule has 0 spiro atoms. The summed E-state index contributed by atoms with van der Waals surface area (Å²) in [6.45, 7) is 6.49. The lowest BCUT2D eigenvalue weighted by Crippen LogP contribution is -2.41. The van der Waals surface area contributed by atoms with Gasteiger partial charge in [-0.25, -0.2) is 0 Å². The Morgan fingerprint density at radius 3 is 2.56 bits per heavy atom. The van der Waals surface area contributed by atoms with Gasteiger partial charge in [-0.1, -0.05) is 6.92 Å². The maximum Gasteiger partial charge on any atom is 0.223 e. The van der Waals surface area contributed by atoms with E-state index < -0.39 is 0 Å². The summed E-state index contributed by atoms with van der Waals surface area (Å²) in [7, 11) is 3.83. The third-order valence-electron chi connectivity index (χ3n) is 3.10. The monoisotopic (exact) mass is 223 g/mol. The van der Waals surface area contributed by atoms with Crippen LogP contribution in [-0.2, 0) is 0 Å². The molecule has 0 amide bonds. The van der Waals surface area contributed by atoms with E-state index >= 15 is 0 Å². The molecule has 90 valence electrons. The molecule has 0 atom stereocenters. The molecule has 1 heterocycles. The minimum Gasteiger partial charge on any atom is -0.373 e. The topological polar surface area (TPSA) is 67.1 Å². The van der Waals surface area contributed by atoms with E-state index in [1.807, 2.05) is 20.2 Å². The number of nitrogens with two attached hydrogens (primary N) is 1. The molecule has 0 aliphatic heterocycles. The standard InChI is InChI=1S/C11H21N5/c1-6-11(2,3)16(5)9-7-8(13-4)14-10(12)15-9/h7H,6H2,1-5H3,(H3,12,13,14,15). The smallest absolute Gasteiger partial charge is 0.223 e. The first-order chi connectivity index (χ1) is 7.40. The lowest BCUT2D eigenvalue weighted by atomic mass is 10.0. The van der Waals surface area contributed by atoms with Crippen LogP contribution in [0, 0.1) is 0 Å². The Morgan fingerprint density at radius 1 is 1.44 bits per heavy atom.